The first-order valence-corrected chi connectivity index (χ1v) is 5.89. The van der Waals surface area contributed by atoms with Gasteiger partial charge < -0.3 is 11.1 Å². The van der Waals surface area contributed by atoms with E-state index >= 15 is 0 Å². The fourth-order valence-corrected chi connectivity index (χ4v) is 1.20. The number of carbonyl (C=O) groups excluding carboxylic acids is 1. The van der Waals surface area contributed by atoms with Gasteiger partial charge in [-0.2, -0.15) is 11.8 Å². The van der Waals surface area contributed by atoms with Gasteiger partial charge in [0.15, 0.2) is 0 Å². The number of carbonyl (C=O) groups is 1. The average Bonchev–Trinajstić information content (AvgIpc) is 2.11. The highest BCUT2D eigenvalue weighted by molar-refractivity contribution is 7.99. The smallest absolute Gasteiger partial charge is 0.221 e. The van der Waals surface area contributed by atoms with Crippen LogP contribution in [0.1, 0.15) is 20.3 Å². The highest BCUT2D eigenvalue weighted by Crippen LogP contribution is 2.07. The first kappa shape index (κ1) is 12.8. The Kier molecular flexibility index (Phi) is 7.09. The van der Waals surface area contributed by atoms with E-state index in [4.69, 9.17) is 5.73 Å². The van der Waals surface area contributed by atoms with Crippen LogP contribution in [0.4, 0.5) is 0 Å². The summed E-state index contributed by atoms with van der Waals surface area (Å²) in [4.78, 5) is 10.7. The largest absolute Gasteiger partial charge is 0.369 e. The molecule has 3 N–H and O–H groups in total. The van der Waals surface area contributed by atoms with E-state index in [1.807, 2.05) is 18.7 Å². The molecule has 13 heavy (non-hydrogen) atoms. The van der Waals surface area contributed by atoms with Crippen molar-refractivity contribution in [1.82, 2.24) is 5.32 Å². The lowest BCUT2D eigenvalue weighted by atomic mass is 10.2. The monoisotopic (exact) mass is 204 g/mol. The van der Waals surface area contributed by atoms with Crippen LogP contribution in [0.2, 0.25) is 0 Å². The lowest BCUT2D eigenvalue weighted by Gasteiger charge is -2.11. The van der Waals surface area contributed by atoms with Crippen molar-refractivity contribution in [3.63, 3.8) is 0 Å². The molecular formula is C9H20N2OS. The summed E-state index contributed by atoms with van der Waals surface area (Å²) in [6.45, 7) is 5.69. The molecule has 0 radical (unpaired) electrons. The van der Waals surface area contributed by atoms with Crippen molar-refractivity contribution in [2.45, 2.75) is 25.5 Å². The Morgan fingerprint density at radius 2 is 2.15 bits per heavy atom. The molecule has 2 atom stereocenters. The fraction of sp³-hybridized carbons (Fsp3) is 0.889. The third kappa shape index (κ3) is 6.90. The molecule has 0 rings (SSSR count). The molecule has 0 spiro atoms. The molecule has 0 saturated heterocycles. The molecule has 0 aromatic heterocycles. The number of hydrogen-bond acceptors (Lipinski definition) is 3. The lowest BCUT2D eigenvalue weighted by molar-refractivity contribution is -0.121. The maximum Gasteiger partial charge on any atom is 0.221 e. The molecule has 0 aromatic rings. The van der Waals surface area contributed by atoms with Gasteiger partial charge in [-0.15, -0.1) is 0 Å². The van der Waals surface area contributed by atoms with Gasteiger partial charge in [0, 0.05) is 17.7 Å². The van der Waals surface area contributed by atoms with E-state index in [-0.39, 0.29) is 11.8 Å². The first-order chi connectivity index (χ1) is 6.07. The van der Waals surface area contributed by atoms with E-state index in [0.717, 1.165) is 13.0 Å². The second kappa shape index (κ2) is 7.21. The molecular weight excluding hydrogens is 184 g/mol. The van der Waals surface area contributed by atoms with Gasteiger partial charge in [0.05, 0.1) is 0 Å². The minimum absolute atomic E-state index is 0.0652. The van der Waals surface area contributed by atoms with E-state index < -0.39 is 0 Å². The third-order valence-corrected chi connectivity index (χ3v) is 3.11. The van der Waals surface area contributed by atoms with Crippen molar-refractivity contribution in [2.75, 3.05) is 19.3 Å². The lowest BCUT2D eigenvalue weighted by Crippen LogP contribution is -2.32. The van der Waals surface area contributed by atoms with Crippen molar-refractivity contribution in [3.8, 4) is 0 Å². The summed E-state index contributed by atoms with van der Waals surface area (Å²) in [5.74, 6) is -0.296. The molecule has 0 aromatic carbocycles. The van der Waals surface area contributed by atoms with Crippen molar-refractivity contribution < 1.29 is 4.79 Å². The minimum Gasteiger partial charge on any atom is -0.369 e. The second-order valence-electron chi connectivity index (χ2n) is 3.34. The molecule has 3 nitrogen and oxygen atoms in total. The summed E-state index contributed by atoms with van der Waals surface area (Å²) in [6.07, 6.45) is 3.24. The molecule has 0 saturated carbocycles. The van der Waals surface area contributed by atoms with Crippen LogP contribution in [0.25, 0.3) is 0 Å². The number of rotatable bonds is 7. The Bertz CT molecular complexity index is 153. The average molecular weight is 204 g/mol. The topological polar surface area (TPSA) is 55.1 Å². The molecule has 0 bridgehead atoms. The summed E-state index contributed by atoms with van der Waals surface area (Å²) in [5, 5.41) is 3.89. The number of nitrogens with two attached hydrogens (primary N) is 1. The highest BCUT2D eigenvalue weighted by Gasteiger charge is 2.07. The zero-order valence-electron chi connectivity index (χ0n) is 8.67. The van der Waals surface area contributed by atoms with E-state index in [1.54, 1.807) is 0 Å². The maximum atomic E-state index is 10.7. The molecule has 0 aliphatic carbocycles. The molecule has 4 heteroatoms. The van der Waals surface area contributed by atoms with Crippen LogP contribution >= 0.6 is 11.8 Å². The van der Waals surface area contributed by atoms with Gasteiger partial charge in [-0.05, 0) is 19.2 Å². The van der Waals surface area contributed by atoms with E-state index in [0.29, 0.717) is 11.8 Å². The normalized spacial score (nSPS) is 15.3. The van der Waals surface area contributed by atoms with E-state index in [2.05, 4.69) is 18.5 Å². The van der Waals surface area contributed by atoms with Crippen LogP contribution in [0.3, 0.4) is 0 Å². The number of primary amides is 1. The van der Waals surface area contributed by atoms with Crippen LogP contribution in [0.15, 0.2) is 0 Å². The summed E-state index contributed by atoms with van der Waals surface area (Å²) < 4.78 is 0. The molecule has 1 amide bonds. The second-order valence-corrected chi connectivity index (χ2v) is 4.62. The molecule has 0 aliphatic rings. The van der Waals surface area contributed by atoms with Gasteiger partial charge in [0.25, 0.3) is 0 Å². The molecule has 0 aliphatic heterocycles. The quantitative estimate of drug-likeness (QED) is 0.604. The number of hydrogen-bond donors (Lipinski definition) is 2. The molecule has 0 heterocycles. The Hall–Kier alpha value is -0.220. The highest BCUT2D eigenvalue weighted by atomic mass is 32.2. The van der Waals surface area contributed by atoms with Gasteiger partial charge >= 0.3 is 0 Å². The van der Waals surface area contributed by atoms with Crippen molar-refractivity contribution in [1.29, 1.82) is 0 Å². The number of thioether (sulfide) groups is 1. The van der Waals surface area contributed by atoms with Crippen LogP contribution in [-0.4, -0.2) is 30.5 Å². The maximum absolute atomic E-state index is 10.7. The fourth-order valence-electron chi connectivity index (χ4n) is 0.842. The first-order valence-electron chi connectivity index (χ1n) is 4.60. The number of nitrogens with one attached hydrogen (secondary N) is 1. The molecule has 78 valence electrons. The number of amides is 1. The SMILES string of the molecule is CSC(C)CCNCC(C)C(N)=O. The van der Waals surface area contributed by atoms with Crippen molar-refractivity contribution in [3.05, 3.63) is 0 Å². The van der Waals surface area contributed by atoms with Crippen molar-refractivity contribution in [2.24, 2.45) is 11.7 Å². The van der Waals surface area contributed by atoms with Crippen molar-refractivity contribution >= 4 is 17.7 Å². The van der Waals surface area contributed by atoms with Crippen LogP contribution in [-0.2, 0) is 4.79 Å². The zero-order valence-corrected chi connectivity index (χ0v) is 9.49. The van der Waals surface area contributed by atoms with Crippen LogP contribution in [0.5, 0.6) is 0 Å². The Labute approximate surface area is 84.8 Å². The van der Waals surface area contributed by atoms with Crippen LogP contribution in [0, 0.1) is 5.92 Å². The van der Waals surface area contributed by atoms with Crippen LogP contribution < -0.4 is 11.1 Å². The zero-order chi connectivity index (χ0) is 10.3. The third-order valence-electron chi connectivity index (χ3n) is 2.07. The molecule has 0 fully saturated rings. The van der Waals surface area contributed by atoms with Gasteiger partial charge in [0.1, 0.15) is 0 Å². The molecule has 2 unspecified atom stereocenters. The Morgan fingerprint density at radius 1 is 1.54 bits per heavy atom. The summed E-state index contributed by atoms with van der Waals surface area (Å²) in [5.41, 5.74) is 5.12. The van der Waals surface area contributed by atoms with E-state index in [9.17, 15) is 4.79 Å². The van der Waals surface area contributed by atoms with Gasteiger partial charge in [-0.1, -0.05) is 13.8 Å². The summed E-state index contributed by atoms with van der Waals surface area (Å²) >= 11 is 1.86. The minimum atomic E-state index is -0.231. The summed E-state index contributed by atoms with van der Waals surface area (Å²) in [6, 6.07) is 0. The van der Waals surface area contributed by atoms with Gasteiger partial charge in [-0.25, -0.2) is 0 Å². The summed E-state index contributed by atoms with van der Waals surface area (Å²) in [7, 11) is 0. The van der Waals surface area contributed by atoms with E-state index in [1.165, 1.54) is 0 Å². The Balaban J connectivity index is 3.30. The van der Waals surface area contributed by atoms with Gasteiger partial charge in [-0.3, -0.25) is 4.79 Å². The predicted octanol–water partition coefficient (Wildman–Crippen LogP) is 0.839. The predicted molar refractivity (Wildman–Crippen MR) is 58.8 cm³/mol. The Morgan fingerprint density at radius 3 is 2.62 bits per heavy atom. The standard InChI is InChI=1S/C9H20N2OS/c1-7(9(10)12)6-11-5-4-8(2)13-3/h7-8,11H,4-6H2,1-3H3,(H2,10,12). The van der Waals surface area contributed by atoms with Gasteiger partial charge in [0.2, 0.25) is 5.91 Å².